The van der Waals surface area contributed by atoms with Gasteiger partial charge in [-0.05, 0) is 30.3 Å². The van der Waals surface area contributed by atoms with Gasteiger partial charge in [0.05, 0.1) is 39.6 Å². The highest BCUT2D eigenvalue weighted by molar-refractivity contribution is 6.33. The van der Waals surface area contributed by atoms with Crippen molar-refractivity contribution in [1.29, 1.82) is 0 Å². The van der Waals surface area contributed by atoms with Gasteiger partial charge in [0.15, 0.2) is 0 Å². The number of nitrogens with one attached hydrogen (secondary N) is 1. The molecular formula is C20H15ClF3N5O4. The van der Waals surface area contributed by atoms with Crippen LogP contribution in [0.4, 0.5) is 41.9 Å². The fourth-order valence-electron chi connectivity index (χ4n) is 2.96. The first-order valence-corrected chi connectivity index (χ1v) is 9.46. The molecule has 0 unspecified atom stereocenters. The van der Waals surface area contributed by atoms with Crippen molar-refractivity contribution in [1.82, 2.24) is 9.97 Å². The zero-order valence-corrected chi connectivity index (χ0v) is 17.8. The van der Waals surface area contributed by atoms with Gasteiger partial charge in [-0.1, -0.05) is 23.7 Å². The molecule has 172 valence electrons. The number of para-hydroxylation sites is 1. The van der Waals surface area contributed by atoms with Crippen molar-refractivity contribution in [3.8, 4) is 0 Å². The molecule has 0 radical (unpaired) electrons. The molecule has 9 nitrogen and oxygen atoms in total. The summed E-state index contributed by atoms with van der Waals surface area (Å²) in [5.41, 5.74) is -1.53. The first kappa shape index (κ1) is 23.7. The molecule has 0 amide bonds. The van der Waals surface area contributed by atoms with Gasteiger partial charge in [-0.3, -0.25) is 10.1 Å². The molecule has 0 atom stereocenters. The number of alkyl halides is 3. The second-order valence-electron chi connectivity index (χ2n) is 6.54. The van der Waals surface area contributed by atoms with Crippen molar-refractivity contribution in [2.24, 2.45) is 0 Å². The van der Waals surface area contributed by atoms with Crippen LogP contribution in [0.25, 0.3) is 0 Å². The Kier molecular flexibility index (Phi) is 6.68. The summed E-state index contributed by atoms with van der Waals surface area (Å²) in [6, 6.07) is 8.68. The van der Waals surface area contributed by atoms with E-state index in [-0.39, 0.29) is 27.8 Å². The standard InChI is InChI=1S/C20H15ClF3N5O4/c1-28(15-6-4-3-5-12(15)19(30)33-2)18-16(29(31)32)17(25-10-26-18)27-14-9-11(20(22,23)24)7-8-13(14)21/h3-10H,1-2H3,(H,25,26,27). The van der Waals surface area contributed by atoms with Crippen molar-refractivity contribution in [2.45, 2.75) is 6.18 Å². The van der Waals surface area contributed by atoms with Crippen LogP contribution in [0, 0.1) is 10.1 Å². The maximum atomic E-state index is 13.1. The zero-order valence-electron chi connectivity index (χ0n) is 17.1. The molecule has 0 spiro atoms. The molecule has 1 heterocycles. The second-order valence-corrected chi connectivity index (χ2v) is 6.94. The van der Waals surface area contributed by atoms with Gasteiger partial charge in [-0.15, -0.1) is 0 Å². The molecule has 33 heavy (non-hydrogen) atoms. The van der Waals surface area contributed by atoms with Crippen LogP contribution in [0.3, 0.4) is 0 Å². The lowest BCUT2D eigenvalue weighted by molar-refractivity contribution is -0.383. The summed E-state index contributed by atoms with van der Waals surface area (Å²) in [7, 11) is 2.62. The van der Waals surface area contributed by atoms with Crippen LogP contribution in [0.2, 0.25) is 5.02 Å². The van der Waals surface area contributed by atoms with Crippen molar-refractivity contribution in [3.05, 3.63) is 75.1 Å². The minimum atomic E-state index is -4.65. The molecule has 0 saturated heterocycles. The maximum Gasteiger partial charge on any atom is 0.416 e. The highest BCUT2D eigenvalue weighted by Crippen LogP contribution is 2.39. The van der Waals surface area contributed by atoms with Gasteiger partial charge in [0, 0.05) is 7.05 Å². The number of carbonyl (C=O) groups excluding carboxylic acids is 1. The molecule has 0 aliphatic rings. The third-order valence-electron chi connectivity index (χ3n) is 4.52. The Bertz CT molecular complexity index is 1220. The van der Waals surface area contributed by atoms with Gasteiger partial charge in [-0.2, -0.15) is 13.2 Å². The molecule has 0 fully saturated rings. The number of nitrogens with zero attached hydrogens (tertiary/aromatic N) is 4. The summed E-state index contributed by atoms with van der Waals surface area (Å²) < 4.78 is 44.0. The molecule has 2 aromatic carbocycles. The number of benzene rings is 2. The first-order chi connectivity index (χ1) is 15.5. The predicted octanol–water partition coefficient (Wildman–Crippen LogP) is 5.36. The number of nitro groups is 1. The normalized spacial score (nSPS) is 11.1. The maximum absolute atomic E-state index is 13.1. The lowest BCUT2D eigenvalue weighted by Gasteiger charge is -2.21. The number of hydrogen-bond acceptors (Lipinski definition) is 8. The number of methoxy groups -OCH3 is 1. The lowest BCUT2D eigenvalue weighted by Crippen LogP contribution is -2.18. The van der Waals surface area contributed by atoms with Crippen LogP contribution < -0.4 is 10.2 Å². The van der Waals surface area contributed by atoms with E-state index >= 15 is 0 Å². The Balaban J connectivity index is 2.11. The molecule has 1 N–H and O–H groups in total. The van der Waals surface area contributed by atoms with Crippen molar-refractivity contribution < 1.29 is 27.6 Å². The smallest absolute Gasteiger partial charge is 0.416 e. The summed E-state index contributed by atoms with van der Waals surface area (Å²) in [5, 5.41) is 14.3. The number of hydrogen-bond donors (Lipinski definition) is 1. The van der Waals surface area contributed by atoms with Crippen LogP contribution in [-0.2, 0) is 10.9 Å². The monoisotopic (exact) mass is 481 g/mol. The van der Waals surface area contributed by atoms with Gasteiger partial charge >= 0.3 is 17.8 Å². The Morgan fingerprint density at radius 1 is 1.21 bits per heavy atom. The Morgan fingerprint density at radius 2 is 1.91 bits per heavy atom. The Hall–Kier alpha value is -3.93. The van der Waals surface area contributed by atoms with E-state index in [4.69, 9.17) is 16.3 Å². The molecule has 13 heteroatoms. The largest absolute Gasteiger partial charge is 0.465 e. The van der Waals surface area contributed by atoms with E-state index in [0.717, 1.165) is 18.5 Å². The Labute approximate surface area is 189 Å². The SMILES string of the molecule is COC(=O)c1ccccc1N(C)c1ncnc(Nc2cc(C(F)(F)F)ccc2Cl)c1[N+](=O)[O-]. The number of halogens is 4. The summed E-state index contributed by atoms with van der Waals surface area (Å²) in [4.78, 5) is 32.3. The molecule has 0 bridgehead atoms. The van der Waals surface area contributed by atoms with Crippen LogP contribution in [0.15, 0.2) is 48.8 Å². The fourth-order valence-corrected chi connectivity index (χ4v) is 3.13. The molecular weight excluding hydrogens is 467 g/mol. The Morgan fingerprint density at radius 3 is 2.55 bits per heavy atom. The van der Waals surface area contributed by atoms with Gasteiger partial charge in [0.2, 0.25) is 11.6 Å². The van der Waals surface area contributed by atoms with E-state index < -0.39 is 34.1 Å². The molecule has 0 saturated carbocycles. The van der Waals surface area contributed by atoms with E-state index in [2.05, 4.69) is 15.3 Å². The van der Waals surface area contributed by atoms with Crippen LogP contribution >= 0.6 is 11.6 Å². The van der Waals surface area contributed by atoms with Crippen molar-refractivity contribution in [2.75, 3.05) is 24.4 Å². The van der Waals surface area contributed by atoms with E-state index in [1.807, 2.05) is 0 Å². The number of carbonyl (C=O) groups is 1. The molecule has 0 aliphatic heterocycles. The average Bonchev–Trinajstić information content (AvgIpc) is 2.78. The second kappa shape index (κ2) is 9.28. The molecule has 1 aromatic heterocycles. The van der Waals surface area contributed by atoms with Crippen LogP contribution in [0.1, 0.15) is 15.9 Å². The summed E-state index contributed by atoms with van der Waals surface area (Å²) in [6.07, 6.45) is -3.66. The predicted molar refractivity (Wildman–Crippen MR) is 114 cm³/mol. The summed E-state index contributed by atoms with van der Waals surface area (Å²) in [6.45, 7) is 0. The van der Waals surface area contributed by atoms with Gasteiger partial charge in [-0.25, -0.2) is 14.8 Å². The van der Waals surface area contributed by atoms with E-state index in [1.165, 1.54) is 31.2 Å². The van der Waals surface area contributed by atoms with E-state index in [1.54, 1.807) is 12.1 Å². The third-order valence-corrected chi connectivity index (χ3v) is 4.85. The number of aromatic nitrogens is 2. The molecule has 3 rings (SSSR count). The van der Waals surface area contributed by atoms with E-state index in [9.17, 15) is 28.1 Å². The first-order valence-electron chi connectivity index (χ1n) is 9.08. The van der Waals surface area contributed by atoms with Gasteiger partial charge in [0.1, 0.15) is 6.33 Å². The minimum Gasteiger partial charge on any atom is -0.465 e. The van der Waals surface area contributed by atoms with Gasteiger partial charge in [0.25, 0.3) is 0 Å². The zero-order chi connectivity index (χ0) is 24.3. The van der Waals surface area contributed by atoms with E-state index in [0.29, 0.717) is 6.07 Å². The fraction of sp³-hybridized carbons (Fsp3) is 0.150. The topological polar surface area (TPSA) is 110 Å². The number of ether oxygens (including phenoxy) is 1. The van der Waals surface area contributed by atoms with Crippen LogP contribution in [0.5, 0.6) is 0 Å². The minimum absolute atomic E-state index is 0.109. The van der Waals surface area contributed by atoms with Crippen molar-refractivity contribution in [3.63, 3.8) is 0 Å². The summed E-state index contributed by atoms with van der Waals surface area (Å²) >= 11 is 5.99. The van der Waals surface area contributed by atoms with Gasteiger partial charge < -0.3 is 15.0 Å². The molecule has 0 aliphatic carbocycles. The van der Waals surface area contributed by atoms with Crippen molar-refractivity contribution >= 4 is 46.3 Å². The summed E-state index contributed by atoms with van der Waals surface area (Å²) in [5.74, 6) is -1.30. The lowest BCUT2D eigenvalue weighted by atomic mass is 10.1. The number of rotatable bonds is 6. The highest BCUT2D eigenvalue weighted by Gasteiger charge is 2.32. The average molecular weight is 482 g/mol. The number of anilines is 4. The third kappa shape index (κ3) is 4.95. The quantitative estimate of drug-likeness (QED) is 0.285. The molecule has 3 aromatic rings. The number of esters is 1. The highest BCUT2D eigenvalue weighted by atomic mass is 35.5. The van der Waals surface area contributed by atoms with Crippen LogP contribution in [-0.4, -0.2) is 35.0 Å².